The molecule has 3 heteroatoms. The van der Waals surface area contributed by atoms with Crippen molar-refractivity contribution in [1.82, 2.24) is 0 Å². The molecule has 0 spiro atoms. The van der Waals surface area contributed by atoms with Crippen LogP contribution in [-0.2, 0) is 6.54 Å². The Hall–Kier alpha value is -2.31. The molecule has 108 valence electrons. The standard InChI is InChI=1S/C18H18FNO/c1-2-20(18-11-9-17(19)10-12-18)14-16-7-4-3-6-15(16)8-5-13-21/h3-4,6-7,9-12,21H,2,13-14H2,1H3. The molecule has 0 bridgehead atoms. The van der Waals surface area contributed by atoms with Crippen LogP contribution in [-0.4, -0.2) is 18.3 Å². The van der Waals surface area contributed by atoms with Crippen molar-refractivity contribution < 1.29 is 9.50 Å². The molecule has 0 fully saturated rings. The molecule has 21 heavy (non-hydrogen) atoms. The van der Waals surface area contributed by atoms with Gasteiger partial charge in [0.15, 0.2) is 0 Å². The average molecular weight is 283 g/mol. The third-order valence-electron chi connectivity index (χ3n) is 3.25. The van der Waals surface area contributed by atoms with Gasteiger partial charge in [-0.05, 0) is 42.8 Å². The van der Waals surface area contributed by atoms with E-state index in [2.05, 4.69) is 23.7 Å². The summed E-state index contributed by atoms with van der Waals surface area (Å²) in [5.74, 6) is 5.41. The predicted octanol–water partition coefficient (Wildman–Crippen LogP) is 3.20. The van der Waals surface area contributed by atoms with Gasteiger partial charge in [0.2, 0.25) is 0 Å². The number of hydrogen-bond donors (Lipinski definition) is 1. The highest BCUT2D eigenvalue weighted by atomic mass is 19.1. The summed E-state index contributed by atoms with van der Waals surface area (Å²) in [6, 6.07) is 14.4. The Bertz CT molecular complexity index is 640. The third-order valence-corrected chi connectivity index (χ3v) is 3.25. The van der Waals surface area contributed by atoms with Crippen molar-refractivity contribution in [2.24, 2.45) is 0 Å². The summed E-state index contributed by atoms with van der Waals surface area (Å²) in [6.07, 6.45) is 0. The Balaban J connectivity index is 2.24. The van der Waals surface area contributed by atoms with Crippen molar-refractivity contribution in [1.29, 1.82) is 0 Å². The number of hydrogen-bond acceptors (Lipinski definition) is 2. The number of halogens is 1. The van der Waals surface area contributed by atoms with Crippen LogP contribution >= 0.6 is 0 Å². The van der Waals surface area contributed by atoms with E-state index in [1.54, 1.807) is 12.1 Å². The lowest BCUT2D eigenvalue weighted by atomic mass is 10.1. The summed E-state index contributed by atoms with van der Waals surface area (Å²) in [6.45, 7) is 3.42. The Kier molecular flexibility index (Phi) is 5.36. The lowest BCUT2D eigenvalue weighted by molar-refractivity contribution is 0.350. The van der Waals surface area contributed by atoms with Crippen LogP contribution in [0.1, 0.15) is 18.1 Å². The van der Waals surface area contributed by atoms with Crippen LogP contribution < -0.4 is 4.90 Å². The minimum atomic E-state index is -0.232. The lowest BCUT2D eigenvalue weighted by Crippen LogP contribution is -2.22. The zero-order chi connectivity index (χ0) is 15.1. The quantitative estimate of drug-likeness (QED) is 0.871. The van der Waals surface area contributed by atoms with E-state index < -0.39 is 0 Å². The molecule has 0 unspecified atom stereocenters. The topological polar surface area (TPSA) is 23.5 Å². The largest absolute Gasteiger partial charge is 0.384 e. The van der Waals surface area contributed by atoms with Gasteiger partial charge >= 0.3 is 0 Å². The molecule has 1 N–H and O–H groups in total. The van der Waals surface area contributed by atoms with Gasteiger partial charge in [0.05, 0.1) is 0 Å². The van der Waals surface area contributed by atoms with Crippen LogP contribution in [0, 0.1) is 17.7 Å². The molecule has 0 heterocycles. The Labute approximate surface area is 124 Å². The molecular formula is C18H18FNO. The van der Waals surface area contributed by atoms with E-state index in [-0.39, 0.29) is 12.4 Å². The maximum atomic E-state index is 13.0. The Morgan fingerprint density at radius 1 is 1.10 bits per heavy atom. The number of nitrogens with zero attached hydrogens (tertiary/aromatic N) is 1. The normalized spacial score (nSPS) is 9.86. The fourth-order valence-electron chi connectivity index (χ4n) is 2.16. The average Bonchev–Trinajstić information content (AvgIpc) is 2.52. The molecule has 0 saturated carbocycles. The first-order valence-corrected chi connectivity index (χ1v) is 6.92. The monoisotopic (exact) mass is 283 g/mol. The highest BCUT2D eigenvalue weighted by Crippen LogP contribution is 2.19. The second-order valence-corrected chi connectivity index (χ2v) is 4.61. The van der Waals surface area contributed by atoms with E-state index in [1.807, 2.05) is 24.3 Å². The van der Waals surface area contributed by atoms with Crippen molar-refractivity contribution in [3.05, 3.63) is 65.5 Å². The van der Waals surface area contributed by atoms with Crippen LogP contribution in [0.5, 0.6) is 0 Å². The molecule has 0 aliphatic heterocycles. The fraction of sp³-hybridized carbons (Fsp3) is 0.222. The van der Waals surface area contributed by atoms with Crippen LogP contribution in [0.15, 0.2) is 48.5 Å². The summed E-state index contributed by atoms with van der Waals surface area (Å²) < 4.78 is 13.0. The summed E-state index contributed by atoms with van der Waals surface area (Å²) in [5, 5.41) is 8.83. The zero-order valence-corrected chi connectivity index (χ0v) is 12.0. The summed E-state index contributed by atoms with van der Waals surface area (Å²) >= 11 is 0. The molecule has 0 radical (unpaired) electrons. The second-order valence-electron chi connectivity index (χ2n) is 4.61. The van der Waals surface area contributed by atoms with Crippen molar-refractivity contribution in [2.45, 2.75) is 13.5 Å². The van der Waals surface area contributed by atoms with Crippen LogP contribution in [0.4, 0.5) is 10.1 Å². The maximum Gasteiger partial charge on any atom is 0.123 e. The summed E-state index contributed by atoms with van der Waals surface area (Å²) in [4.78, 5) is 2.15. The molecule has 0 saturated heterocycles. The first kappa shape index (κ1) is 15.1. The second kappa shape index (κ2) is 7.47. The van der Waals surface area contributed by atoms with Crippen LogP contribution in [0.2, 0.25) is 0 Å². The molecule has 2 rings (SSSR count). The molecular weight excluding hydrogens is 265 g/mol. The minimum absolute atomic E-state index is 0.149. The van der Waals surface area contributed by atoms with E-state index in [1.165, 1.54) is 12.1 Å². The highest BCUT2D eigenvalue weighted by molar-refractivity contribution is 5.49. The van der Waals surface area contributed by atoms with Gasteiger partial charge in [0.25, 0.3) is 0 Å². The van der Waals surface area contributed by atoms with E-state index in [9.17, 15) is 4.39 Å². The van der Waals surface area contributed by atoms with Crippen molar-refractivity contribution in [2.75, 3.05) is 18.1 Å². The minimum Gasteiger partial charge on any atom is -0.384 e. The van der Waals surface area contributed by atoms with Gasteiger partial charge in [-0.2, -0.15) is 0 Å². The Morgan fingerprint density at radius 3 is 2.48 bits per heavy atom. The summed E-state index contributed by atoms with van der Waals surface area (Å²) in [5.41, 5.74) is 2.97. The molecule has 0 atom stereocenters. The SMILES string of the molecule is CCN(Cc1ccccc1C#CCO)c1ccc(F)cc1. The van der Waals surface area contributed by atoms with Gasteiger partial charge in [-0.1, -0.05) is 30.0 Å². The van der Waals surface area contributed by atoms with Gasteiger partial charge in [-0.15, -0.1) is 0 Å². The van der Waals surface area contributed by atoms with E-state index in [4.69, 9.17) is 5.11 Å². The molecule has 2 nitrogen and oxygen atoms in total. The van der Waals surface area contributed by atoms with Gasteiger partial charge in [-0.3, -0.25) is 0 Å². The van der Waals surface area contributed by atoms with Crippen LogP contribution in [0.25, 0.3) is 0 Å². The lowest BCUT2D eigenvalue weighted by Gasteiger charge is -2.23. The zero-order valence-electron chi connectivity index (χ0n) is 12.0. The Morgan fingerprint density at radius 2 is 1.81 bits per heavy atom. The van der Waals surface area contributed by atoms with Gasteiger partial charge in [0, 0.05) is 24.3 Å². The van der Waals surface area contributed by atoms with Crippen molar-refractivity contribution in [3.8, 4) is 11.8 Å². The molecule has 2 aromatic carbocycles. The van der Waals surface area contributed by atoms with Crippen LogP contribution in [0.3, 0.4) is 0 Å². The van der Waals surface area contributed by atoms with E-state index in [0.717, 1.165) is 23.4 Å². The smallest absolute Gasteiger partial charge is 0.123 e. The van der Waals surface area contributed by atoms with Gasteiger partial charge in [-0.25, -0.2) is 4.39 Å². The van der Waals surface area contributed by atoms with Crippen molar-refractivity contribution in [3.63, 3.8) is 0 Å². The predicted molar refractivity (Wildman–Crippen MR) is 83.5 cm³/mol. The number of aliphatic hydroxyl groups excluding tert-OH is 1. The number of benzene rings is 2. The van der Waals surface area contributed by atoms with Gasteiger partial charge < -0.3 is 10.0 Å². The number of aliphatic hydroxyl groups is 1. The molecule has 0 aliphatic rings. The molecule has 0 aromatic heterocycles. The summed E-state index contributed by atoms with van der Waals surface area (Å²) in [7, 11) is 0. The fourth-order valence-corrected chi connectivity index (χ4v) is 2.16. The maximum absolute atomic E-state index is 13.0. The van der Waals surface area contributed by atoms with E-state index in [0.29, 0.717) is 6.54 Å². The molecule has 0 aliphatic carbocycles. The van der Waals surface area contributed by atoms with E-state index >= 15 is 0 Å². The number of rotatable bonds is 4. The number of anilines is 1. The van der Waals surface area contributed by atoms with Crippen molar-refractivity contribution >= 4 is 5.69 Å². The van der Waals surface area contributed by atoms with Gasteiger partial charge in [0.1, 0.15) is 12.4 Å². The first-order chi connectivity index (χ1) is 10.2. The molecule has 2 aromatic rings. The highest BCUT2D eigenvalue weighted by Gasteiger charge is 2.07. The molecule has 0 amide bonds. The first-order valence-electron chi connectivity index (χ1n) is 6.92. The third kappa shape index (κ3) is 4.08.